The molecule has 0 spiro atoms. The van der Waals surface area contributed by atoms with E-state index >= 15 is 0 Å². The Morgan fingerprint density at radius 1 is 1.53 bits per heavy atom. The van der Waals surface area contributed by atoms with E-state index in [0.29, 0.717) is 6.61 Å². The van der Waals surface area contributed by atoms with Crippen LogP contribution in [0.4, 0.5) is 10.1 Å². The maximum absolute atomic E-state index is 13.5. The van der Waals surface area contributed by atoms with E-state index in [4.69, 9.17) is 10.5 Å². The first-order valence-electron chi connectivity index (χ1n) is 6.07. The molecule has 3 N–H and O–H groups in total. The molecule has 2 rings (SSSR count). The number of nitrogens with one attached hydrogen (secondary N) is 1. The number of hydrogen-bond acceptors (Lipinski definition) is 4. The highest BCUT2D eigenvalue weighted by Gasteiger charge is 2.23. The number of benzene rings is 1. The van der Waals surface area contributed by atoms with Crippen molar-refractivity contribution >= 4 is 15.7 Å². The molecule has 1 aromatic rings. The van der Waals surface area contributed by atoms with Gasteiger partial charge in [-0.15, -0.1) is 0 Å². The number of anilines is 1. The van der Waals surface area contributed by atoms with Gasteiger partial charge in [0.25, 0.3) is 0 Å². The molecule has 1 fully saturated rings. The summed E-state index contributed by atoms with van der Waals surface area (Å²) in [6, 6.07) is 2.37. The standard InChI is InChI=1S/C12H17FN2O3S/c1-8-11(13)5-9(14)6-12(8)19(16,17)15-7-10-3-2-4-18-10/h5-6,10,15H,2-4,7,14H2,1H3. The van der Waals surface area contributed by atoms with Crippen molar-refractivity contribution in [1.29, 1.82) is 0 Å². The monoisotopic (exact) mass is 288 g/mol. The lowest BCUT2D eigenvalue weighted by Gasteiger charge is -2.13. The second-order valence-corrected chi connectivity index (χ2v) is 6.35. The lowest BCUT2D eigenvalue weighted by atomic mass is 10.2. The van der Waals surface area contributed by atoms with Crippen LogP contribution in [0.5, 0.6) is 0 Å². The van der Waals surface area contributed by atoms with E-state index in [0.717, 1.165) is 18.9 Å². The van der Waals surface area contributed by atoms with Gasteiger partial charge in [0.1, 0.15) is 5.82 Å². The molecular formula is C12H17FN2O3S. The summed E-state index contributed by atoms with van der Waals surface area (Å²) in [5.74, 6) is -0.627. The summed E-state index contributed by atoms with van der Waals surface area (Å²) in [5, 5.41) is 0. The second kappa shape index (κ2) is 5.44. The van der Waals surface area contributed by atoms with Crippen LogP contribution in [0.3, 0.4) is 0 Å². The lowest BCUT2D eigenvalue weighted by molar-refractivity contribution is 0.114. The Hall–Kier alpha value is -1.18. The van der Waals surface area contributed by atoms with E-state index in [1.807, 2.05) is 0 Å². The quantitative estimate of drug-likeness (QED) is 0.815. The van der Waals surface area contributed by atoms with Crippen LogP contribution in [0, 0.1) is 12.7 Å². The first-order valence-corrected chi connectivity index (χ1v) is 7.55. The highest BCUT2D eigenvalue weighted by molar-refractivity contribution is 7.89. The number of sulfonamides is 1. The zero-order valence-electron chi connectivity index (χ0n) is 10.6. The molecule has 1 unspecified atom stereocenters. The van der Waals surface area contributed by atoms with E-state index in [9.17, 15) is 12.8 Å². The van der Waals surface area contributed by atoms with Crippen LogP contribution in [-0.2, 0) is 14.8 Å². The van der Waals surface area contributed by atoms with Gasteiger partial charge in [-0.1, -0.05) is 0 Å². The minimum atomic E-state index is -3.77. The summed E-state index contributed by atoms with van der Waals surface area (Å²) in [5.41, 5.74) is 5.63. The first kappa shape index (κ1) is 14.2. The molecule has 1 aliphatic rings. The Labute approximate surface area is 112 Å². The molecule has 0 bridgehead atoms. The van der Waals surface area contributed by atoms with Crippen LogP contribution in [-0.4, -0.2) is 27.7 Å². The Bertz CT molecular complexity index is 569. The molecule has 1 saturated heterocycles. The fourth-order valence-corrected chi connectivity index (χ4v) is 3.39. The number of nitrogen functional groups attached to an aromatic ring is 1. The minimum Gasteiger partial charge on any atom is -0.399 e. The summed E-state index contributed by atoms with van der Waals surface area (Å²) in [6.45, 7) is 2.26. The van der Waals surface area contributed by atoms with Crippen molar-refractivity contribution in [3.8, 4) is 0 Å². The largest absolute Gasteiger partial charge is 0.399 e. The van der Waals surface area contributed by atoms with Gasteiger partial charge in [0, 0.05) is 24.4 Å². The highest BCUT2D eigenvalue weighted by atomic mass is 32.2. The average molecular weight is 288 g/mol. The van der Waals surface area contributed by atoms with Crippen molar-refractivity contribution in [1.82, 2.24) is 4.72 Å². The molecule has 0 radical (unpaired) electrons. The Morgan fingerprint density at radius 2 is 2.26 bits per heavy atom. The maximum atomic E-state index is 13.5. The highest BCUT2D eigenvalue weighted by Crippen LogP contribution is 2.22. The van der Waals surface area contributed by atoms with Gasteiger partial charge in [0.2, 0.25) is 10.0 Å². The molecule has 19 heavy (non-hydrogen) atoms. The number of nitrogens with two attached hydrogens (primary N) is 1. The van der Waals surface area contributed by atoms with Crippen LogP contribution in [0.15, 0.2) is 17.0 Å². The minimum absolute atomic E-state index is 0.0639. The van der Waals surface area contributed by atoms with E-state index in [1.165, 1.54) is 13.0 Å². The van der Waals surface area contributed by atoms with Crippen LogP contribution in [0.25, 0.3) is 0 Å². The fraction of sp³-hybridized carbons (Fsp3) is 0.500. The van der Waals surface area contributed by atoms with Crippen molar-refractivity contribution in [2.24, 2.45) is 0 Å². The van der Waals surface area contributed by atoms with Gasteiger partial charge >= 0.3 is 0 Å². The first-order chi connectivity index (χ1) is 8.90. The number of ether oxygens (including phenoxy) is 1. The predicted octanol–water partition coefficient (Wildman–Crippen LogP) is 1.17. The molecule has 5 nitrogen and oxygen atoms in total. The SMILES string of the molecule is Cc1c(F)cc(N)cc1S(=O)(=O)NCC1CCCO1. The molecule has 7 heteroatoms. The van der Waals surface area contributed by atoms with Crippen molar-refractivity contribution in [3.05, 3.63) is 23.5 Å². The molecule has 0 saturated carbocycles. The molecule has 1 heterocycles. The fourth-order valence-electron chi connectivity index (χ4n) is 2.04. The summed E-state index contributed by atoms with van der Waals surface area (Å²) < 4.78 is 45.5. The third-order valence-electron chi connectivity index (χ3n) is 3.13. The van der Waals surface area contributed by atoms with Crippen LogP contribution in [0.2, 0.25) is 0 Å². The van der Waals surface area contributed by atoms with E-state index in [2.05, 4.69) is 4.72 Å². The van der Waals surface area contributed by atoms with Crippen LogP contribution < -0.4 is 10.5 Å². The van der Waals surface area contributed by atoms with Gasteiger partial charge in [-0.25, -0.2) is 17.5 Å². The molecule has 106 valence electrons. The maximum Gasteiger partial charge on any atom is 0.241 e. The summed E-state index contributed by atoms with van der Waals surface area (Å²) in [7, 11) is -3.77. The molecule has 0 aromatic heterocycles. The second-order valence-electron chi connectivity index (χ2n) is 4.61. The smallest absolute Gasteiger partial charge is 0.241 e. The summed E-state index contributed by atoms with van der Waals surface area (Å²) >= 11 is 0. The third-order valence-corrected chi connectivity index (χ3v) is 4.68. The summed E-state index contributed by atoms with van der Waals surface area (Å²) in [4.78, 5) is -0.122. The van der Waals surface area contributed by atoms with Crippen LogP contribution >= 0.6 is 0 Å². The normalized spacial score (nSPS) is 19.8. The van der Waals surface area contributed by atoms with Gasteiger partial charge in [0.05, 0.1) is 11.0 Å². The van der Waals surface area contributed by atoms with Crippen molar-refractivity contribution < 1.29 is 17.5 Å². The number of hydrogen-bond donors (Lipinski definition) is 2. The van der Waals surface area contributed by atoms with Crippen molar-refractivity contribution in [2.75, 3.05) is 18.9 Å². The molecular weight excluding hydrogens is 271 g/mol. The van der Waals surface area contributed by atoms with Gasteiger partial charge in [-0.2, -0.15) is 0 Å². The topological polar surface area (TPSA) is 81.4 Å². The molecule has 1 atom stereocenters. The van der Waals surface area contributed by atoms with Gasteiger partial charge in [-0.05, 0) is 31.9 Å². The van der Waals surface area contributed by atoms with E-state index in [-0.39, 0.29) is 28.8 Å². The van der Waals surface area contributed by atoms with Gasteiger partial charge < -0.3 is 10.5 Å². The van der Waals surface area contributed by atoms with E-state index < -0.39 is 15.8 Å². The zero-order valence-corrected chi connectivity index (χ0v) is 11.5. The summed E-state index contributed by atoms with van der Waals surface area (Å²) in [6.07, 6.45) is 1.64. The number of halogens is 1. The molecule has 1 aromatic carbocycles. The Balaban J connectivity index is 2.19. The predicted molar refractivity (Wildman–Crippen MR) is 69.7 cm³/mol. The van der Waals surface area contributed by atoms with E-state index in [1.54, 1.807) is 0 Å². The van der Waals surface area contributed by atoms with Crippen LogP contribution in [0.1, 0.15) is 18.4 Å². The molecule has 0 aliphatic carbocycles. The Morgan fingerprint density at radius 3 is 2.89 bits per heavy atom. The van der Waals surface area contributed by atoms with Crippen molar-refractivity contribution in [3.63, 3.8) is 0 Å². The average Bonchev–Trinajstić information content (AvgIpc) is 2.84. The van der Waals surface area contributed by atoms with Gasteiger partial charge in [0.15, 0.2) is 0 Å². The van der Waals surface area contributed by atoms with Crippen molar-refractivity contribution in [2.45, 2.75) is 30.8 Å². The zero-order chi connectivity index (χ0) is 14.0. The lowest BCUT2D eigenvalue weighted by Crippen LogP contribution is -2.32. The molecule has 1 aliphatic heterocycles. The number of rotatable bonds is 4. The Kier molecular flexibility index (Phi) is 4.07. The third kappa shape index (κ3) is 3.23. The van der Waals surface area contributed by atoms with Gasteiger partial charge in [-0.3, -0.25) is 0 Å². The molecule has 0 amide bonds.